The molecule has 42 heavy (non-hydrogen) atoms. The molecule has 2 aromatic carbocycles. The van der Waals surface area contributed by atoms with Crippen molar-refractivity contribution in [2.45, 2.75) is 44.8 Å². The van der Waals surface area contributed by atoms with Crippen molar-refractivity contribution < 1.29 is 19.1 Å². The molecular formula is C33H40N4O4S. The van der Waals surface area contributed by atoms with Gasteiger partial charge in [0.1, 0.15) is 23.1 Å². The van der Waals surface area contributed by atoms with Gasteiger partial charge in [-0.25, -0.2) is 4.98 Å². The van der Waals surface area contributed by atoms with Crippen molar-refractivity contribution in [2.24, 2.45) is 5.92 Å². The zero-order chi connectivity index (χ0) is 28.9. The highest BCUT2D eigenvalue weighted by molar-refractivity contribution is 7.09. The number of hydrogen-bond acceptors (Lipinski definition) is 7. The van der Waals surface area contributed by atoms with E-state index in [0.29, 0.717) is 32.0 Å². The summed E-state index contributed by atoms with van der Waals surface area (Å²) in [7, 11) is 1.71. The Kier molecular flexibility index (Phi) is 9.17. The molecule has 2 amide bonds. The van der Waals surface area contributed by atoms with E-state index in [-0.39, 0.29) is 23.8 Å². The third-order valence-corrected chi connectivity index (χ3v) is 9.68. The molecule has 9 heteroatoms. The third-order valence-electron chi connectivity index (χ3n) is 8.85. The number of nitrogens with zero attached hydrogens (tertiary/aromatic N) is 4. The zero-order valence-electron chi connectivity index (χ0n) is 24.4. The largest absolute Gasteiger partial charge is 0.486 e. The number of aromatic nitrogens is 1. The van der Waals surface area contributed by atoms with Crippen LogP contribution in [-0.2, 0) is 22.6 Å². The van der Waals surface area contributed by atoms with Crippen molar-refractivity contribution in [2.75, 3.05) is 53.0 Å². The summed E-state index contributed by atoms with van der Waals surface area (Å²) in [5.74, 6) is 1.16. The highest BCUT2D eigenvalue weighted by atomic mass is 32.1. The lowest BCUT2D eigenvalue weighted by molar-refractivity contribution is -0.137. The number of carbonyl (C=O) groups excluding carboxylic acids is 2. The van der Waals surface area contributed by atoms with E-state index >= 15 is 0 Å². The first-order valence-electron chi connectivity index (χ1n) is 15.2. The number of piperazine rings is 1. The van der Waals surface area contributed by atoms with E-state index in [1.165, 1.54) is 16.9 Å². The van der Waals surface area contributed by atoms with Crippen LogP contribution in [0, 0.1) is 5.92 Å². The zero-order valence-corrected chi connectivity index (χ0v) is 25.2. The number of amides is 2. The number of ether oxygens (including phenoxy) is 2. The summed E-state index contributed by atoms with van der Waals surface area (Å²) in [6.07, 6.45) is 5.12. The molecule has 1 aromatic heterocycles. The smallest absolute Gasteiger partial charge is 0.273 e. The van der Waals surface area contributed by atoms with Crippen molar-refractivity contribution >= 4 is 23.2 Å². The number of thiazole rings is 1. The van der Waals surface area contributed by atoms with Crippen LogP contribution in [0.4, 0.5) is 0 Å². The molecule has 2 aliphatic heterocycles. The summed E-state index contributed by atoms with van der Waals surface area (Å²) < 4.78 is 11.4. The van der Waals surface area contributed by atoms with Gasteiger partial charge in [-0.2, -0.15) is 0 Å². The molecule has 3 heterocycles. The number of rotatable bonds is 9. The molecule has 6 rings (SSSR count). The molecule has 0 radical (unpaired) electrons. The quantitative estimate of drug-likeness (QED) is 0.358. The number of hydrogen-bond donors (Lipinski definition) is 0. The van der Waals surface area contributed by atoms with Gasteiger partial charge in [0.2, 0.25) is 5.91 Å². The standard InChI is InChI=1S/C33H40N4O4S/c1-40-20-19-35-15-17-36(18-16-35)33(39)29-23-42-30(34-29)22-41-27-12-11-24-13-14-37(32(38)26-9-5-6-10-26)31(28(24)21-27)25-7-3-2-4-8-25/h2-4,7-8,11-12,21,23,26,31H,5-6,9-10,13-20,22H2,1H3. The number of fused-ring (bicyclic) bond motifs is 1. The Balaban J connectivity index is 1.13. The number of benzene rings is 2. The van der Waals surface area contributed by atoms with Gasteiger partial charge < -0.3 is 19.3 Å². The lowest BCUT2D eigenvalue weighted by Gasteiger charge is -2.39. The molecule has 8 nitrogen and oxygen atoms in total. The van der Waals surface area contributed by atoms with Crippen molar-refractivity contribution in [3.63, 3.8) is 0 Å². The van der Waals surface area contributed by atoms with Gasteiger partial charge in [-0.3, -0.25) is 14.5 Å². The molecule has 3 aliphatic rings. The molecule has 2 fully saturated rings. The molecule has 1 saturated heterocycles. The first kappa shape index (κ1) is 28.8. The van der Waals surface area contributed by atoms with Gasteiger partial charge in [0.15, 0.2) is 0 Å². The fourth-order valence-electron chi connectivity index (χ4n) is 6.50. The van der Waals surface area contributed by atoms with Crippen LogP contribution in [0.25, 0.3) is 0 Å². The second-order valence-corrected chi connectivity index (χ2v) is 12.4. The maximum Gasteiger partial charge on any atom is 0.273 e. The van der Waals surface area contributed by atoms with E-state index < -0.39 is 0 Å². The van der Waals surface area contributed by atoms with Crippen molar-refractivity contribution in [3.8, 4) is 5.75 Å². The first-order valence-corrected chi connectivity index (χ1v) is 16.0. The van der Waals surface area contributed by atoms with Crippen LogP contribution in [-0.4, -0.2) is 84.5 Å². The Labute approximate surface area is 252 Å². The summed E-state index contributed by atoms with van der Waals surface area (Å²) in [4.78, 5) is 37.7. The van der Waals surface area contributed by atoms with Crippen molar-refractivity contribution in [3.05, 3.63) is 81.3 Å². The van der Waals surface area contributed by atoms with Gasteiger partial charge in [-0.05, 0) is 48.1 Å². The summed E-state index contributed by atoms with van der Waals surface area (Å²) >= 11 is 1.45. The Bertz CT molecular complexity index is 1370. The summed E-state index contributed by atoms with van der Waals surface area (Å²) in [6, 6.07) is 16.5. The van der Waals surface area contributed by atoms with Crippen LogP contribution in [0.1, 0.15) is 63.9 Å². The monoisotopic (exact) mass is 588 g/mol. The molecule has 222 valence electrons. The van der Waals surface area contributed by atoms with Crippen LogP contribution in [0.5, 0.6) is 5.75 Å². The van der Waals surface area contributed by atoms with Crippen LogP contribution >= 0.6 is 11.3 Å². The van der Waals surface area contributed by atoms with Crippen LogP contribution < -0.4 is 4.74 Å². The van der Waals surface area contributed by atoms with Crippen LogP contribution in [0.15, 0.2) is 53.9 Å². The average molecular weight is 589 g/mol. The predicted octanol–water partition coefficient (Wildman–Crippen LogP) is 4.79. The molecule has 0 spiro atoms. The lowest BCUT2D eigenvalue weighted by Crippen LogP contribution is -2.49. The van der Waals surface area contributed by atoms with Crippen molar-refractivity contribution in [1.29, 1.82) is 0 Å². The first-order chi connectivity index (χ1) is 20.6. The molecular weight excluding hydrogens is 548 g/mol. The fraction of sp³-hybridized carbons (Fsp3) is 0.485. The third kappa shape index (κ3) is 6.38. The lowest BCUT2D eigenvalue weighted by atomic mass is 9.87. The molecule has 1 saturated carbocycles. The molecule has 3 aromatic rings. The highest BCUT2D eigenvalue weighted by Gasteiger charge is 2.36. The maximum atomic E-state index is 13.7. The number of carbonyl (C=O) groups is 2. The molecule has 0 bridgehead atoms. The summed E-state index contributed by atoms with van der Waals surface area (Å²) in [5, 5.41) is 2.61. The van der Waals surface area contributed by atoms with Gasteiger partial charge in [-0.15, -0.1) is 11.3 Å². The minimum atomic E-state index is -0.120. The van der Waals surface area contributed by atoms with Gasteiger partial charge in [0, 0.05) is 57.7 Å². The highest BCUT2D eigenvalue weighted by Crippen LogP contribution is 2.39. The Hall–Kier alpha value is -3.27. The van der Waals surface area contributed by atoms with Gasteiger partial charge in [0.05, 0.1) is 12.6 Å². The van der Waals surface area contributed by atoms with Gasteiger partial charge >= 0.3 is 0 Å². The maximum absolute atomic E-state index is 13.7. The van der Waals surface area contributed by atoms with E-state index in [9.17, 15) is 9.59 Å². The Morgan fingerprint density at radius 2 is 1.79 bits per heavy atom. The van der Waals surface area contributed by atoms with E-state index in [4.69, 9.17) is 9.47 Å². The normalized spacial score (nSPS) is 19.6. The second-order valence-electron chi connectivity index (χ2n) is 11.5. The molecule has 1 atom stereocenters. The second kappa shape index (κ2) is 13.4. The average Bonchev–Trinajstić information content (AvgIpc) is 3.75. The summed E-state index contributed by atoms with van der Waals surface area (Å²) in [6.45, 7) is 5.72. The van der Waals surface area contributed by atoms with E-state index in [2.05, 4.69) is 39.0 Å². The van der Waals surface area contributed by atoms with Crippen LogP contribution in [0.3, 0.4) is 0 Å². The number of methoxy groups -OCH3 is 1. The topological polar surface area (TPSA) is 75.2 Å². The minimum Gasteiger partial charge on any atom is -0.486 e. The molecule has 0 N–H and O–H groups in total. The van der Waals surface area contributed by atoms with E-state index in [1.54, 1.807) is 7.11 Å². The minimum absolute atomic E-state index is 0.0182. The SMILES string of the molecule is COCCN1CCN(C(=O)c2csc(COc3ccc4c(c3)C(c3ccccc3)N(C(=O)C3CCCC3)CC4)n2)CC1. The molecule has 1 aliphatic carbocycles. The van der Waals surface area contributed by atoms with Gasteiger partial charge in [0.25, 0.3) is 5.91 Å². The van der Waals surface area contributed by atoms with E-state index in [1.807, 2.05) is 34.5 Å². The Morgan fingerprint density at radius 3 is 2.55 bits per heavy atom. The van der Waals surface area contributed by atoms with Crippen molar-refractivity contribution in [1.82, 2.24) is 19.7 Å². The fourth-order valence-corrected chi connectivity index (χ4v) is 7.18. The van der Waals surface area contributed by atoms with Gasteiger partial charge in [-0.1, -0.05) is 49.2 Å². The van der Waals surface area contributed by atoms with Crippen LogP contribution in [0.2, 0.25) is 0 Å². The summed E-state index contributed by atoms with van der Waals surface area (Å²) in [5.41, 5.74) is 4.01. The van der Waals surface area contributed by atoms with E-state index in [0.717, 1.165) is 80.2 Å². The Morgan fingerprint density at radius 1 is 1.00 bits per heavy atom. The predicted molar refractivity (Wildman–Crippen MR) is 163 cm³/mol. The molecule has 1 unspecified atom stereocenters.